The second-order valence-electron chi connectivity index (χ2n) is 9.46. The topological polar surface area (TPSA) is 83.4 Å². The van der Waals surface area contributed by atoms with Crippen molar-refractivity contribution in [3.05, 3.63) is 110 Å². The highest BCUT2D eigenvalue weighted by Gasteiger charge is 2.48. The summed E-state index contributed by atoms with van der Waals surface area (Å²) in [6.07, 6.45) is 0.845. The van der Waals surface area contributed by atoms with Gasteiger partial charge in [0.2, 0.25) is 5.13 Å². The lowest BCUT2D eigenvalue weighted by molar-refractivity contribution is -0.132. The van der Waals surface area contributed by atoms with Crippen LogP contribution in [0.1, 0.15) is 46.3 Å². The van der Waals surface area contributed by atoms with E-state index in [2.05, 4.69) is 17.1 Å². The molecule has 204 valence electrons. The molecule has 10 heteroatoms. The van der Waals surface area contributed by atoms with E-state index in [0.29, 0.717) is 31.3 Å². The van der Waals surface area contributed by atoms with Crippen LogP contribution in [0, 0.1) is 13.8 Å². The van der Waals surface area contributed by atoms with Crippen molar-refractivity contribution < 1.29 is 14.7 Å². The van der Waals surface area contributed by atoms with Gasteiger partial charge in [-0.1, -0.05) is 101 Å². The first-order chi connectivity index (χ1) is 19.2. The normalized spacial score (nSPS) is 16.6. The summed E-state index contributed by atoms with van der Waals surface area (Å²) in [6.45, 7) is 5.82. The number of carbonyl (C=O) groups excluding carboxylic acids is 2. The minimum absolute atomic E-state index is 0.0281. The van der Waals surface area contributed by atoms with Gasteiger partial charge in [0.15, 0.2) is 4.34 Å². The largest absolute Gasteiger partial charge is 0.507 e. The SMILES string of the molecule is CCc1ccc(C2/C(=C(\O)c3cc(C)ccc3C)C(=O)C(=O)N2c2nnc(SCc3ccc(Cl)cc3Cl)s2)cc1. The predicted octanol–water partition coefficient (Wildman–Crippen LogP) is 7.94. The molecule has 40 heavy (non-hydrogen) atoms. The number of ketones is 1. The molecule has 1 fully saturated rings. The first-order valence-corrected chi connectivity index (χ1v) is 15.1. The van der Waals surface area contributed by atoms with Crippen molar-refractivity contribution in [3.8, 4) is 0 Å². The van der Waals surface area contributed by atoms with Crippen LogP contribution < -0.4 is 4.90 Å². The molecule has 4 aromatic rings. The number of carbonyl (C=O) groups is 2. The Balaban J connectivity index is 1.56. The van der Waals surface area contributed by atoms with Crippen LogP contribution in [0.2, 0.25) is 10.0 Å². The Morgan fingerprint density at radius 1 is 1.02 bits per heavy atom. The maximum absolute atomic E-state index is 13.5. The first-order valence-electron chi connectivity index (χ1n) is 12.6. The van der Waals surface area contributed by atoms with E-state index in [9.17, 15) is 14.7 Å². The van der Waals surface area contributed by atoms with Gasteiger partial charge < -0.3 is 5.11 Å². The average Bonchev–Trinajstić information content (AvgIpc) is 3.51. The minimum Gasteiger partial charge on any atom is -0.507 e. The number of aryl methyl sites for hydroxylation is 3. The van der Waals surface area contributed by atoms with E-state index in [4.69, 9.17) is 23.2 Å². The summed E-state index contributed by atoms with van der Waals surface area (Å²) in [5.74, 6) is -1.20. The Morgan fingerprint density at radius 2 is 1.77 bits per heavy atom. The Hall–Kier alpha value is -3.17. The fourth-order valence-electron chi connectivity index (χ4n) is 4.55. The predicted molar refractivity (Wildman–Crippen MR) is 162 cm³/mol. The van der Waals surface area contributed by atoms with Gasteiger partial charge in [0.05, 0.1) is 11.6 Å². The molecule has 1 saturated heterocycles. The lowest BCUT2D eigenvalue weighted by atomic mass is 9.93. The van der Waals surface area contributed by atoms with Gasteiger partial charge in [-0.2, -0.15) is 0 Å². The zero-order chi connectivity index (χ0) is 28.6. The third kappa shape index (κ3) is 5.54. The molecule has 1 unspecified atom stereocenters. The number of halogens is 2. The van der Waals surface area contributed by atoms with Crippen LogP contribution in [-0.4, -0.2) is 27.0 Å². The summed E-state index contributed by atoms with van der Waals surface area (Å²) in [6, 6.07) is 17.8. The van der Waals surface area contributed by atoms with Crippen molar-refractivity contribution in [3.63, 3.8) is 0 Å². The van der Waals surface area contributed by atoms with Gasteiger partial charge in [-0.3, -0.25) is 14.5 Å². The molecular formula is C30H25Cl2N3O3S2. The quantitative estimate of drug-likeness (QED) is 0.0752. The summed E-state index contributed by atoms with van der Waals surface area (Å²) in [4.78, 5) is 28.4. The molecule has 0 bridgehead atoms. The standard InChI is InChI=1S/C30H25Cl2N3O3S2/c1-4-18-7-9-19(10-8-18)25-24(26(36)22-13-16(2)5-6-17(22)3)27(37)28(38)35(25)29-33-34-30(40-29)39-15-20-11-12-21(31)14-23(20)32/h5-14,25,36H,4,15H2,1-3H3/b26-24+. The number of hydrogen-bond donors (Lipinski definition) is 1. The number of Topliss-reactive ketones (excluding diaryl/α,β-unsaturated/α-hetero) is 1. The molecule has 0 radical (unpaired) electrons. The number of hydrogen-bond acceptors (Lipinski definition) is 7. The highest BCUT2D eigenvalue weighted by Crippen LogP contribution is 2.44. The lowest BCUT2D eigenvalue weighted by Gasteiger charge is -2.23. The molecule has 1 aromatic heterocycles. The van der Waals surface area contributed by atoms with Crippen LogP contribution in [0.4, 0.5) is 5.13 Å². The number of aromatic nitrogens is 2. The van der Waals surface area contributed by atoms with E-state index in [1.54, 1.807) is 12.1 Å². The van der Waals surface area contributed by atoms with Crippen LogP contribution in [0.3, 0.4) is 0 Å². The molecule has 1 aliphatic heterocycles. The number of aliphatic hydroxyl groups excluding tert-OH is 1. The number of anilines is 1. The summed E-state index contributed by atoms with van der Waals surface area (Å²) in [5, 5.41) is 21.4. The van der Waals surface area contributed by atoms with E-state index < -0.39 is 17.7 Å². The highest BCUT2D eigenvalue weighted by atomic mass is 35.5. The van der Waals surface area contributed by atoms with E-state index in [0.717, 1.165) is 28.7 Å². The smallest absolute Gasteiger partial charge is 0.301 e. The Bertz CT molecular complexity index is 1650. The van der Waals surface area contributed by atoms with Gasteiger partial charge in [0.1, 0.15) is 5.76 Å². The van der Waals surface area contributed by atoms with Gasteiger partial charge in [-0.05, 0) is 60.7 Å². The van der Waals surface area contributed by atoms with Crippen molar-refractivity contribution in [2.75, 3.05) is 4.90 Å². The molecule has 2 heterocycles. The Morgan fingerprint density at radius 3 is 2.48 bits per heavy atom. The van der Waals surface area contributed by atoms with Crippen molar-refractivity contribution in [1.82, 2.24) is 10.2 Å². The number of aliphatic hydroxyl groups is 1. The maximum atomic E-state index is 13.5. The van der Waals surface area contributed by atoms with E-state index >= 15 is 0 Å². The van der Waals surface area contributed by atoms with Crippen molar-refractivity contribution >= 4 is 68.9 Å². The molecular weight excluding hydrogens is 585 g/mol. The van der Waals surface area contributed by atoms with Crippen molar-refractivity contribution in [1.29, 1.82) is 0 Å². The fraction of sp³-hybridized carbons (Fsp3) is 0.200. The second-order valence-corrected chi connectivity index (χ2v) is 12.5. The molecule has 3 aromatic carbocycles. The Kier molecular flexibility index (Phi) is 8.33. The lowest BCUT2D eigenvalue weighted by Crippen LogP contribution is -2.29. The number of benzene rings is 3. The van der Waals surface area contributed by atoms with Gasteiger partial charge >= 0.3 is 5.91 Å². The molecule has 1 aliphatic rings. The summed E-state index contributed by atoms with van der Waals surface area (Å²) in [5.41, 5.74) is 4.97. The maximum Gasteiger partial charge on any atom is 0.301 e. The average molecular weight is 611 g/mol. The molecule has 1 N–H and O–H groups in total. The highest BCUT2D eigenvalue weighted by molar-refractivity contribution is 8.00. The monoisotopic (exact) mass is 609 g/mol. The minimum atomic E-state index is -0.859. The molecule has 1 amide bonds. The van der Waals surface area contributed by atoms with Gasteiger partial charge in [-0.15, -0.1) is 10.2 Å². The third-order valence-corrected chi connectivity index (χ3v) is 9.46. The van der Waals surface area contributed by atoms with Crippen molar-refractivity contribution in [2.24, 2.45) is 0 Å². The number of rotatable bonds is 7. The summed E-state index contributed by atoms with van der Waals surface area (Å²) in [7, 11) is 0. The van der Waals surface area contributed by atoms with Crippen LogP contribution in [-0.2, 0) is 21.8 Å². The fourth-order valence-corrected chi connectivity index (χ4v) is 6.98. The van der Waals surface area contributed by atoms with Crippen LogP contribution in [0.25, 0.3) is 5.76 Å². The van der Waals surface area contributed by atoms with Crippen LogP contribution >= 0.6 is 46.3 Å². The van der Waals surface area contributed by atoms with Crippen LogP contribution in [0.5, 0.6) is 0 Å². The van der Waals surface area contributed by atoms with Gasteiger partial charge in [0.25, 0.3) is 5.78 Å². The summed E-state index contributed by atoms with van der Waals surface area (Å²) < 4.78 is 0.609. The van der Waals surface area contributed by atoms with Gasteiger partial charge in [0, 0.05) is 21.4 Å². The molecule has 1 atom stereocenters. The summed E-state index contributed by atoms with van der Waals surface area (Å²) >= 11 is 14.9. The molecule has 6 nitrogen and oxygen atoms in total. The van der Waals surface area contributed by atoms with E-state index in [-0.39, 0.29) is 16.5 Å². The van der Waals surface area contributed by atoms with Crippen LogP contribution in [0.15, 0.2) is 70.6 Å². The molecule has 0 spiro atoms. The molecule has 0 saturated carbocycles. The number of thioether (sulfide) groups is 1. The second kappa shape index (κ2) is 11.7. The first kappa shape index (κ1) is 28.4. The number of nitrogens with zero attached hydrogens (tertiary/aromatic N) is 3. The zero-order valence-electron chi connectivity index (χ0n) is 21.9. The van der Waals surface area contributed by atoms with E-state index in [1.165, 1.54) is 28.0 Å². The molecule has 0 aliphatic carbocycles. The van der Waals surface area contributed by atoms with Crippen molar-refractivity contribution in [2.45, 2.75) is 43.3 Å². The third-order valence-electron chi connectivity index (χ3n) is 6.76. The number of amides is 1. The zero-order valence-corrected chi connectivity index (χ0v) is 25.1. The Labute approximate surface area is 250 Å². The van der Waals surface area contributed by atoms with Gasteiger partial charge in [-0.25, -0.2) is 0 Å². The molecule has 5 rings (SSSR count). The van der Waals surface area contributed by atoms with E-state index in [1.807, 2.05) is 62.4 Å².